The Bertz CT molecular complexity index is 1160. The molecule has 1 saturated heterocycles. The second-order valence-corrected chi connectivity index (χ2v) is 8.15. The van der Waals surface area contributed by atoms with Gasteiger partial charge in [-0.3, -0.25) is 24.1 Å². The number of hydroxylamine groups is 2. The molecule has 10 heteroatoms. The fourth-order valence-electron chi connectivity index (χ4n) is 3.81. The van der Waals surface area contributed by atoms with Crippen molar-refractivity contribution in [1.82, 2.24) is 5.06 Å². The van der Waals surface area contributed by atoms with Crippen LogP contribution in [0.15, 0.2) is 47.4 Å². The van der Waals surface area contributed by atoms with Crippen molar-refractivity contribution in [2.75, 3.05) is 6.61 Å². The van der Waals surface area contributed by atoms with Gasteiger partial charge in [-0.05, 0) is 28.3 Å². The fourth-order valence-corrected chi connectivity index (χ4v) is 4.59. The number of rotatable bonds is 4. The van der Waals surface area contributed by atoms with Crippen molar-refractivity contribution in [3.8, 4) is 11.1 Å². The van der Waals surface area contributed by atoms with Gasteiger partial charge in [0.25, 0.3) is 21.9 Å². The summed E-state index contributed by atoms with van der Waals surface area (Å²) in [4.78, 5) is 35.2. The summed E-state index contributed by atoms with van der Waals surface area (Å²) in [7, 11) is -4.54. The van der Waals surface area contributed by atoms with Crippen molar-refractivity contribution in [3.05, 3.63) is 53.6 Å². The summed E-state index contributed by atoms with van der Waals surface area (Å²) in [5.74, 6) is -5.09. The number of fused-ring (bicyclic) bond motifs is 3. The molecule has 1 aliphatic carbocycles. The molecule has 1 heterocycles. The number of esters is 1. The maximum atomic E-state index is 12.3. The zero-order valence-electron chi connectivity index (χ0n) is 14.8. The molecule has 2 unspecified atom stereocenters. The van der Waals surface area contributed by atoms with Gasteiger partial charge in [-0.2, -0.15) is 13.5 Å². The highest BCUT2D eigenvalue weighted by atomic mass is 32.2. The Labute approximate surface area is 165 Å². The van der Waals surface area contributed by atoms with Gasteiger partial charge in [-0.25, -0.2) is 0 Å². The molecule has 2 aromatic carbocycles. The first-order valence-corrected chi connectivity index (χ1v) is 10.1. The van der Waals surface area contributed by atoms with Crippen molar-refractivity contribution in [2.45, 2.75) is 17.2 Å². The molecule has 4 rings (SSSR count). The summed E-state index contributed by atoms with van der Waals surface area (Å²) in [6.07, 6.45) is -0.498. The number of nitrogens with zero attached hydrogens (tertiary/aromatic N) is 1. The Morgan fingerprint density at radius 3 is 2.45 bits per heavy atom. The van der Waals surface area contributed by atoms with E-state index in [0.29, 0.717) is 16.7 Å². The normalized spacial score (nSPS) is 20.6. The quantitative estimate of drug-likeness (QED) is 0.250. The third-order valence-corrected chi connectivity index (χ3v) is 6.03. The predicted molar refractivity (Wildman–Crippen MR) is 96.2 cm³/mol. The van der Waals surface area contributed by atoms with E-state index < -0.39 is 46.2 Å². The lowest BCUT2D eigenvalue weighted by molar-refractivity contribution is -0.173. The number of carbonyl (C=O) groups is 3. The first-order valence-electron chi connectivity index (χ1n) is 8.62. The molecule has 0 aromatic heterocycles. The molecule has 2 aliphatic rings. The highest BCUT2D eigenvalue weighted by molar-refractivity contribution is 7.85. The first kappa shape index (κ1) is 19.2. The Morgan fingerprint density at radius 2 is 1.79 bits per heavy atom. The van der Waals surface area contributed by atoms with E-state index in [1.54, 1.807) is 30.3 Å². The Hall–Kier alpha value is -3.08. The average molecular weight is 417 g/mol. The lowest BCUT2D eigenvalue weighted by Crippen LogP contribution is -2.30. The van der Waals surface area contributed by atoms with Crippen LogP contribution in [0.3, 0.4) is 0 Å². The maximum absolute atomic E-state index is 12.3. The van der Waals surface area contributed by atoms with Gasteiger partial charge in [0.2, 0.25) is 0 Å². The standard InChI is InChI=1S/C19H15NO8S/c21-16-8-13(18(22)20(16)24)19(23)28-9-14-11-5-2-1-4-10(11)12-6-3-7-15(17(12)14)29(25,26)27/h1-7,13-14,24H,8-9H2,(H,25,26,27). The molecule has 2 amide bonds. The van der Waals surface area contributed by atoms with Crippen LogP contribution >= 0.6 is 0 Å². The molecule has 0 radical (unpaired) electrons. The molecule has 1 aliphatic heterocycles. The van der Waals surface area contributed by atoms with Crippen LogP contribution < -0.4 is 0 Å². The third kappa shape index (κ3) is 3.11. The number of hydrogen-bond acceptors (Lipinski definition) is 7. The van der Waals surface area contributed by atoms with Gasteiger partial charge in [0, 0.05) is 5.92 Å². The minimum Gasteiger partial charge on any atom is -0.464 e. The molecule has 2 aromatic rings. The van der Waals surface area contributed by atoms with Gasteiger partial charge in [0.1, 0.15) is 12.5 Å². The van der Waals surface area contributed by atoms with Crippen molar-refractivity contribution < 1.29 is 37.3 Å². The summed E-state index contributed by atoms with van der Waals surface area (Å²) in [6, 6.07) is 11.5. The maximum Gasteiger partial charge on any atom is 0.319 e. The minimum absolute atomic E-state index is 0.109. The van der Waals surface area contributed by atoms with E-state index in [9.17, 15) is 32.6 Å². The molecular weight excluding hydrogens is 402 g/mol. The number of hydrogen-bond donors (Lipinski definition) is 2. The molecule has 29 heavy (non-hydrogen) atoms. The monoisotopic (exact) mass is 417 g/mol. The average Bonchev–Trinajstić information content (AvgIpc) is 3.14. The van der Waals surface area contributed by atoms with Gasteiger partial charge in [-0.1, -0.05) is 36.4 Å². The molecule has 2 N–H and O–H groups in total. The summed E-state index contributed by atoms with van der Waals surface area (Å²) in [5, 5.41) is 9.17. The lowest BCUT2D eigenvalue weighted by Gasteiger charge is -2.17. The molecule has 0 spiro atoms. The van der Waals surface area contributed by atoms with Crippen LogP contribution in [0.4, 0.5) is 0 Å². The summed E-state index contributed by atoms with van der Waals surface area (Å²) in [6.45, 7) is -0.307. The van der Waals surface area contributed by atoms with Crippen LogP contribution in [0.1, 0.15) is 23.5 Å². The molecule has 2 atom stereocenters. The molecule has 9 nitrogen and oxygen atoms in total. The predicted octanol–water partition coefficient (Wildman–Crippen LogP) is 1.35. The van der Waals surface area contributed by atoms with Crippen molar-refractivity contribution >= 4 is 27.9 Å². The number of benzene rings is 2. The minimum atomic E-state index is -4.54. The van der Waals surface area contributed by atoms with Crippen LogP contribution in [0.2, 0.25) is 0 Å². The van der Waals surface area contributed by atoms with E-state index in [-0.39, 0.29) is 16.6 Å². The van der Waals surface area contributed by atoms with E-state index in [4.69, 9.17) is 4.74 Å². The van der Waals surface area contributed by atoms with E-state index in [2.05, 4.69) is 0 Å². The zero-order chi connectivity index (χ0) is 20.9. The second-order valence-electron chi connectivity index (χ2n) is 6.76. The number of amides is 2. The number of ether oxygens (including phenoxy) is 1. The lowest BCUT2D eigenvalue weighted by atomic mass is 9.98. The molecule has 0 bridgehead atoms. The van der Waals surface area contributed by atoms with E-state index in [1.165, 1.54) is 12.1 Å². The first-order chi connectivity index (χ1) is 13.7. The van der Waals surface area contributed by atoms with Crippen LogP contribution in [-0.4, -0.2) is 47.6 Å². The van der Waals surface area contributed by atoms with Crippen LogP contribution in [-0.2, 0) is 29.2 Å². The van der Waals surface area contributed by atoms with Crippen molar-refractivity contribution in [2.24, 2.45) is 5.92 Å². The summed E-state index contributed by atoms with van der Waals surface area (Å²) in [5.41, 5.74) is 2.32. The van der Waals surface area contributed by atoms with Crippen LogP contribution in [0, 0.1) is 5.92 Å². The van der Waals surface area contributed by atoms with Gasteiger partial charge < -0.3 is 4.74 Å². The highest BCUT2D eigenvalue weighted by Crippen LogP contribution is 2.47. The van der Waals surface area contributed by atoms with E-state index in [0.717, 1.165) is 5.56 Å². The summed E-state index contributed by atoms with van der Waals surface area (Å²) >= 11 is 0. The Balaban J connectivity index is 1.68. The summed E-state index contributed by atoms with van der Waals surface area (Å²) < 4.78 is 38.6. The molecule has 150 valence electrons. The Kier molecular flexibility index (Phi) is 4.49. The largest absolute Gasteiger partial charge is 0.464 e. The highest BCUT2D eigenvalue weighted by Gasteiger charge is 2.44. The number of imide groups is 1. The fraction of sp³-hybridized carbons (Fsp3) is 0.211. The van der Waals surface area contributed by atoms with Crippen molar-refractivity contribution in [3.63, 3.8) is 0 Å². The second kappa shape index (κ2) is 6.76. The van der Waals surface area contributed by atoms with Gasteiger partial charge in [-0.15, -0.1) is 0 Å². The smallest absolute Gasteiger partial charge is 0.319 e. The molecule has 0 saturated carbocycles. The van der Waals surface area contributed by atoms with Gasteiger partial charge >= 0.3 is 5.97 Å². The third-order valence-electron chi connectivity index (χ3n) is 5.12. The zero-order valence-corrected chi connectivity index (χ0v) is 15.6. The van der Waals surface area contributed by atoms with Crippen molar-refractivity contribution in [1.29, 1.82) is 0 Å². The molecule has 1 fully saturated rings. The van der Waals surface area contributed by atoms with Gasteiger partial charge in [0.15, 0.2) is 0 Å². The Morgan fingerprint density at radius 1 is 1.10 bits per heavy atom. The molecular formula is C19H15NO8S. The topological polar surface area (TPSA) is 138 Å². The van der Waals surface area contributed by atoms with Crippen LogP contribution in [0.5, 0.6) is 0 Å². The van der Waals surface area contributed by atoms with Gasteiger partial charge in [0.05, 0.1) is 11.3 Å². The van der Waals surface area contributed by atoms with E-state index in [1.807, 2.05) is 0 Å². The van der Waals surface area contributed by atoms with Crippen LogP contribution in [0.25, 0.3) is 11.1 Å². The SMILES string of the molecule is O=C(OCC1c2ccccc2-c2cccc(S(=O)(=O)O)c21)C1CC(=O)N(O)C1=O. The van der Waals surface area contributed by atoms with E-state index >= 15 is 0 Å². The number of carbonyl (C=O) groups excluding carboxylic acids is 3.